The molecule has 0 saturated heterocycles. The molecular weight excluding hydrogens is 410 g/mol. The molecule has 1 nitrogen and oxygen atoms in total. The van der Waals surface area contributed by atoms with Crippen molar-refractivity contribution >= 4 is 23.2 Å². The van der Waals surface area contributed by atoms with Crippen LogP contribution in [0.2, 0.25) is 0 Å². The zero-order valence-electron chi connectivity index (χ0n) is 12.5. The average molecular weight is 418 g/mol. The van der Waals surface area contributed by atoms with Crippen molar-refractivity contribution in [3.05, 3.63) is 57.6 Å². The maximum absolute atomic E-state index is 15.1. The van der Waals surface area contributed by atoms with Gasteiger partial charge in [0, 0.05) is 16.5 Å². The van der Waals surface area contributed by atoms with Crippen LogP contribution in [0.25, 0.3) is 0 Å². The van der Waals surface area contributed by atoms with E-state index in [1.807, 2.05) is 0 Å². The highest BCUT2D eigenvalue weighted by atomic mass is 35.5. The van der Waals surface area contributed by atoms with Crippen molar-refractivity contribution in [2.45, 2.75) is 29.9 Å². The van der Waals surface area contributed by atoms with Crippen LogP contribution in [-0.4, -0.2) is 18.0 Å². The molecule has 0 amide bonds. The minimum absolute atomic E-state index is 0.317. The molecule has 1 aliphatic carbocycles. The lowest BCUT2D eigenvalue weighted by atomic mass is 9.64. The molecule has 0 saturated carbocycles. The second kappa shape index (κ2) is 6.46. The van der Waals surface area contributed by atoms with Gasteiger partial charge in [0.2, 0.25) is 0 Å². The fourth-order valence-electron chi connectivity index (χ4n) is 2.91. The first kappa shape index (κ1) is 20.6. The SMILES string of the molecule is N#Cc1ccccc1C1(C(F)(C(F)(F)F)C(F)(F)F)C=C(Cl)CC(Cl)=C1. The summed E-state index contributed by atoms with van der Waals surface area (Å²) in [5.41, 5.74) is -10.7. The lowest BCUT2D eigenvalue weighted by molar-refractivity contribution is -0.354. The molecule has 0 spiro atoms. The van der Waals surface area contributed by atoms with Gasteiger partial charge in [-0.1, -0.05) is 53.6 Å². The van der Waals surface area contributed by atoms with Gasteiger partial charge in [0.25, 0.3) is 0 Å². The fourth-order valence-corrected chi connectivity index (χ4v) is 3.61. The van der Waals surface area contributed by atoms with E-state index in [4.69, 9.17) is 28.5 Å². The van der Waals surface area contributed by atoms with Crippen LogP contribution in [0.3, 0.4) is 0 Å². The van der Waals surface area contributed by atoms with Crippen molar-refractivity contribution in [3.8, 4) is 6.07 Å². The van der Waals surface area contributed by atoms with Crippen molar-refractivity contribution in [1.82, 2.24) is 0 Å². The molecule has 10 heteroatoms. The zero-order valence-corrected chi connectivity index (χ0v) is 14.0. The van der Waals surface area contributed by atoms with Gasteiger partial charge in [-0.2, -0.15) is 31.6 Å². The Morgan fingerprint density at radius 1 is 0.885 bits per heavy atom. The molecule has 140 valence electrons. The molecule has 1 aromatic carbocycles. The van der Waals surface area contributed by atoms with Crippen LogP contribution in [-0.2, 0) is 5.41 Å². The van der Waals surface area contributed by atoms with E-state index in [2.05, 4.69) is 0 Å². The second-order valence-corrected chi connectivity index (χ2v) is 6.51. The summed E-state index contributed by atoms with van der Waals surface area (Å²) >= 11 is 11.4. The monoisotopic (exact) mass is 417 g/mol. The van der Waals surface area contributed by atoms with E-state index in [1.165, 1.54) is 12.1 Å². The summed E-state index contributed by atoms with van der Waals surface area (Å²) in [7, 11) is 0. The van der Waals surface area contributed by atoms with Crippen LogP contribution < -0.4 is 0 Å². The van der Waals surface area contributed by atoms with E-state index in [0.717, 1.165) is 18.2 Å². The topological polar surface area (TPSA) is 23.8 Å². The van der Waals surface area contributed by atoms with Crippen molar-refractivity contribution in [2.75, 3.05) is 0 Å². The third kappa shape index (κ3) is 2.97. The molecule has 0 aromatic heterocycles. The predicted molar refractivity (Wildman–Crippen MR) is 81.3 cm³/mol. The maximum Gasteiger partial charge on any atom is 0.433 e. The number of benzene rings is 1. The van der Waals surface area contributed by atoms with Gasteiger partial charge in [-0.25, -0.2) is 4.39 Å². The summed E-state index contributed by atoms with van der Waals surface area (Å²) in [5.74, 6) is 0. The van der Waals surface area contributed by atoms with Gasteiger partial charge >= 0.3 is 18.0 Å². The Kier molecular flexibility index (Phi) is 5.12. The third-order valence-electron chi connectivity index (χ3n) is 3.95. The number of halogens is 9. The summed E-state index contributed by atoms with van der Waals surface area (Å²) < 4.78 is 96.0. The van der Waals surface area contributed by atoms with E-state index >= 15 is 4.39 Å². The molecule has 1 aliphatic rings. The third-order valence-corrected chi connectivity index (χ3v) is 4.44. The van der Waals surface area contributed by atoms with Crippen molar-refractivity contribution in [2.24, 2.45) is 0 Å². The molecule has 0 unspecified atom stereocenters. The number of allylic oxidation sites excluding steroid dienone is 4. The Hall–Kier alpha value is -1.72. The summed E-state index contributed by atoms with van der Waals surface area (Å²) in [5, 5.41) is 8.10. The molecule has 0 heterocycles. The highest BCUT2D eigenvalue weighted by Crippen LogP contribution is 2.60. The first-order valence-electron chi connectivity index (χ1n) is 6.86. The van der Waals surface area contributed by atoms with Crippen LogP contribution in [0.4, 0.5) is 30.7 Å². The normalized spacial score (nSPS) is 18.0. The summed E-state index contributed by atoms with van der Waals surface area (Å²) in [6.45, 7) is 0. The smallest absolute Gasteiger partial charge is 0.222 e. The Morgan fingerprint density at radius 2 is 1.35 bits per heavy atom. The van der Waals surface area contributed by atoms with E-state index in [9.17, 15) is 26.3 Å². The van der Waals surface area contributed by atoms with Gasteiger partial charge in [0.05, 0.1) is 17.0 Å². The van der Waals surface area contributed by atoms with Gasteiger partial charge in [-0.05, 0) is 11.6 Å². The average Bonchev–Trinajstić information content (AvgIpc) is 2.50. The molecule has 0 fully saturated rings. The Bertz CT molecular complexity index is 783. The minimum atomic E-state index is -6.38. The molecule has 1 aromatic rings. The maximum atomic E-state index is 15.1. The molecule has 0 bridgehead atoms. The quantitative estimate of drug-likeness (QED) is 0.519. The van der Waals surface area contributed by atoms with Crippen LogP contribution in [0.15, 0.2) is 46.5 Å². The molecule has 2 rings (SSSR count). The summed E-state index contributed by atoms with van der Waals surface area (Å²) in [6.07, 6.45) is -12.5. The Morgan fingerprint density at radius 3 is 1.77 bits per heavy atom. The highest BCUT2D eigenvalue weighted by Gasteiger charge is 2.81. The van der Waals surface area contributed by atoms with Gasteiger partial charge in [0.15, 0.2) is 0 Å². The minimum Gasteiger partial charge on any atom is -0.222 e. The van der Waals surface area contributed by atoms with Gasteiger partial charge in [-0.15, -0.1) is 0 Å². The molecule has 0 aliphatic heterocycles. The lowest BCUT2D eigenvalue weighted by Gasteiger charge is -2.45. The number of alkyl halides is 7. The summed E-state index contributed by atoms with van der Waals surface area (Å²) in [6, 6.07) is 5.56. The van der Waals surface area contributed by atoms with Crippen LogP contribution in [0.5, 0.6) is 0 Å². The van der Waals surface area contributed by atoms with E-state index in [-0.39, 0.29) is 6.42 Å². The standard InChI is InChI=1S/C16H8Cl2F7N/c17-10-5-11(18)7-13(6-10,12-4-2-1-3-9(12)8-26)14(19,15(20,21)22)16(23,24)25/h1-4,6-7H,5H2. The van der Waals surface area contributed by atoms with E-state index in [0.29, 0.717) is 12.2 Å². The molecule has 26 heavy (non-hydrogen) atoms. The fraction of sp³-hybridized carbons (Fsp3) is 0.312. The van der Waals surface area contributed by atoms with Crippen molar-refractivity contribution in [3.63, 3.8) is 0 Å². The number of hydrogen-bond donors (Lipinski definition) is 0. The largest absolute Gasteiger partial charge is 0.433 e. The van der Waals surface area contributed by atoms with Gasteiger partial charge < -0.3 is 0 Å². The number of hydrogen-bond acceptors (Lipinski definition) is 1. The second-order valence-electron chi connectivity index (χ2n) is 5.54. The van der Waals surface area contributed by atoms with Gasteiger partial charge in [-0.3, -0.25) is 0 Å². The number of nitriles is 1. The molecular formula is C16H8Cl2F7N. The lowest BCUT2D eigenvalue weighted by Crippen LogP contribution is -2.65. The van der Waals surface area contributed by atoms with E-state index < -0.39 is 44.6 Å². The van der Waals surface area contributed by atoms with Crippen molar-refractivity contribution < 1.29 is 30.7 Å². The molecule has 0 N–H and O–H groups in total. The Balaban J connectivity index is 3.05. The predicted octanol–water partition coefficient (Wildman–Crippen LogP) is 6.28. The van der Waals surface area contributed by atoms with Crippen molar-refractivity contribution in [1.29, 1.82) is 5.26 Å². The van der Waals surface area contributed by atoms with Gasteiger partial charge in [0.1, 0.15) is 0 Å². The number of nitrogens with zero attached hydrogens (tertiary/aromatic N) is 1. The highest BCUT2D eigenvalue weighted by molar-refractivity contribution is 6.34. The van der Waals surface area contributed by atoms with Crippen LogP contribution in [0.1, 0.15) is 17.5 Å². The number of rotatable bonds is 2. The molecule has 0 radical (unpaired) electrons. The first-order chi connectivity index (χ1) is 11.8. The zero-order chi connectivity index (χ0) is 20.0. The Labute approximate surface area is 153 Å². The van der Waals surface area contributed by atoms with Crippen LogP contribution in [0, 0.1) is 11.3 Å². The molecule has 0 atom stereocenters. The summed E-state index contributed by atoms with van der Waals surface area (Å²) in [4.78, 5) is 0. The van der Waals surface area contributed by atoms with E-state index in [1.54, 1.807) is 0 Å². The first-order valence-corrected chi connectivity index (χ1v) is 7.62. The van der Waals surface area contributed by atoms with Crippen LogP contribution >= 0.6 is 23.2 Å².